The fourth-order valence-electron chi connectivity index (χ4n) is 2.93. The summed E-state index contributed by atoms with van der Waals surface area (Å²) in [4.78, 5) is 14.1. The first-order valence-electron chi connectivity index (χ1n) is 8.76. The van der Waals surface area contributed by atoms with Crippen molar-refractivity contribution in [3.8, 4) is 11.5 Å². The van der Waals surface area contributed by atoms with Crippen LogP contribution in [0.2, 0.25) is 0 Å². The Morgan fingerprint density at radius 2 is 2.04 bits per heavy atom. The maximum Gasteiger partial charge on any atom is 0.410 e. The van der Waals surface area contributed by atoms with Crippen molar-refractivity contribution in [3.05, 3.63) is 18.2 Å². The molecule has 0 aliphatic carbocycles. The Hall–Kier alpha value is -2.11. The molecule has 0 saturated carbocycles. The third-order valence-corrected chi connectivity index (χ3v) is 4.16. The van der Waals surface area contributed by atoms with Crippen LogP contribution >= 0.6 is 0 Å². The van der Waals surface area contributed by atoms with Crippen LogP contribution in [0, 0.1) is 5.92 Å². The molecule has 0 spiro atoms. The Kier molecular flexibility index (Phi) is 6.39. The first-order valence-corrected chi connectivity index (χ1v) is 8.76. The Labute approximate surface area is 150 Å². The summed E-state index contributed by atoms with van der Waals surface area (Å²) >= 11 is 0. The van der Waals surface area contributed by atoms with Crippen molar-refractivity contribution in [2.75, 3.05) is 39.2 Å². The van der Waals surface area contributed by atoms with Crippen LogP contribution in [0.25, 0.3) is 0 Å². The van der Waals surface area contributed by atoms with Crippen LogP contribution in [0.4, 0.5) is 10.5 Å². The van der Waals surface area contributed by atoms with Gasteiger partial charge in [-0.1, -0.05) is 0 Å². The van der Waals surface area contributed by atoms with Gasteiger partial charge in [0.25, 0.3) is 0 Å². The molecule has 140 valence electrons. The van der Waals surface area contributed by atoms with Gasteiger partial charge < -0.3 is 24.4 Å². The van der Waals surface area contributed by atoms with E-state index in [4.69, 9.17) is 14.2 Å². The minimum Gasteiger partial charge on any atom is -0.497 e. The van der Waals surface area contributed by atoms with E-state index < -0.39 is 5.60 Å². The summed E-state index contributed by atoms with van der Waals surface area (Å²) in [5.74, 6) is 1.93. The van der Waals surface area contributed by atoms with Gasteiger partial charge in [0.2, 0.25) is 0 Å². The summed E-state index contributed by atoms with van der Waals surface area (Å²) in [5, 5.41) is 3.43. The smallest absolute Gasteiger partial charge is 0.410 e. The second-order valence-electron chi connectivity index (χ2n) is 7.38. The number of piperidine rings is 1. The SMILES string of the molecule is COc1ccc(OC)c(NCC2CCCN(C(=O)OC(C)(C)C)C2)c1. The molecule has 1 aliphatic heterocycles. The zero-order chi connectivity index (χ0) is 18.4. The number of likely N-dealkylation sites (tertiary alicyclic amines) is 1. The molecule has 6 nitrogen and oxygen atoms in total. The average molecular weight is 350 g/mol. The molecule has 1 aliphatic rings. The molecule has 1 fully saturated rings. The normalized spacial score (nSPS) is 17.8. The maximum atomic E-state index is 12.3. The Morgan fingerprint density at radius 3 is 2.68 bits per heavy atom. The molecule has 0 radical (unpaired) electrons. The highest BCUT2D eigenvalue weighted by atomic mass is 16.6. The summed E-state index contributed by atoms with van der Waals surface area (Å²) in [6, 6.07) is 5.68. The van der Waals surface area contributed by atoms with Crippen molar-refractivity contribution in [1.82, 2.24) is 4.90 Å². The summed E-state index contributed by atoms with van der Waals surface area (Å²) in [6.07, 6.45) is 1.84. The number of ether oxygens (including phenoxy) is 3. The van der Waals surface area contributed by atoms with E-state index in [0.717, 1.165) is 43.1 Å². The molecule has 25 heavy (non-hydrogen) atoms. The number of nitrogens with one attached hydrogen (secondary N) is 1. The number of carbonyl (C=O) groups excluding carboxylic acids is 1. The molecule has 1 N–H and O–H groups in total. The third-order valence-electron chi connectivity index (χ3n) is 4.16. The van der Waals surface area contributed by atoms with Crippen molar-refractivity contribution in [2.45, 2.75) is 39.2 Å². The van der Waals surface area contributed by atoms with E-state index in [1.165, 1.54) is 0 Å². The molecule has 1 atom stereocenters. The van der Waals surface area contributed by atoms with E-state index in [-0.39, 0.29) is 6.09 Å². The highest BCUT2D eigenvalue weighted by molar-refractivity contribution is 5.68. The largest absolute Gasteiger partial charge is 0.497 e. The molecule has 0 aromatic heterocycles. The van der Waals surface area contributed by atoms with Gasteiger partial charge >= 0.3 is 6.09 Å². The number of hydrogen-bond donors (Lipinski definition) is 1. The highest BCUT2D eigenvalue weighted by Crippen LogP contribution is 2.29. The molecule has 6 heteroatoms. The summed E-state index contributed by atoms with van der Waals surface area (Å²) in [5.41, 5.74) is 0.437. The number of hydrogen-bond acceptors (Lipinski definition) is 5. The fourth-order valence-corrected chi connectivity index (χ4v) is 2.93. The second kappa shape index (κ2) is 8.32. The van der Waals surface area contributed by atoms with Crippen LogP contribution in [0.3, 0.4) is 0 Å². The molecule has 0 bridgehead atoms. The van der Waals surface area contributed by atoms with Gasteiger partial charge in [0.15, 0.2) is 0 Å². The van der Waals surface area contributed by atoms with Gasteiger partial charge in [0.05, 0.1) is 19.9 Å². The van der Waals surface area contributed by atoms with Crippen LogP contribution < -0.4 is 14.8 Å². The minimum absolute atomic E-state index is 0.226. The lowest BCUT2D eigenvalue weighted by Gasteiger charge is -2.34. The second-order valence-corrected chi connectivity index (χ2v) is 7.38. The van der Waals surface area contributed by atoms with Gasteiger partial charge in [-0.05, 0) is 51.7 Å². The highest BCUT2D eigenvalue weighted by Gasteiger charge is 2.27. The van der Waals surface area contributed by atoms with Gasteiger partial charge in [0, 0.05) is 25.7 Å². The molecule has 1 aromatic rings. The van der Waals surface area contributed by atoms with Crippen molar-refractivity contribution in [3.63, 3.8) is 0 Å². The quantitative estimate of drug-likeness (QED) is 0.876. The zero-order valence-electron chi connectivity index (χ0n) is 15.9. The number of rotatable bonds is 5. The molecule has 2 rings (SSSR count). The van der Waals surface area contributed by atoms with Gasteiger partial charge in [-0.2, -0.15) is 0 Å². The molecule has 1 saturated heterocycles. The number of benzene rings is 1. The lowest BCUT2D eigenvalue weighted by Crippen LogP contribution is -2.44. The zero-order valence-corrected chi connectivity index (χ0v) is 15.9. The number of carbonyl (C=O) groups is 1. The van der Waals surface area contributed by atoms with Crippen LogP contribution in [0.1, 0.15) is 33.6 Å². The van der Waals surface area contributed by atoms with Crippen LogP contribution in [0.5, 0.6) is 11.5 Å². The van der Waals surface area contributed by atoms with E-state index in [2.05, 4.69) is 5.32 Å². The van der Waals surface area contributed by atoms with Gasteiger partial charge in [-0.25, -0.2) is 4.79 Å². The van der Waals surface area contributed by atoms with Crippen molar-refractivity contribution in [1.29, 1.82) is 0 Å². The predicted molar refractivity (Wildman–Crippen MR) is 98.6 cm³/mol. The maximum absolute atomic E-state index is 12.3. The van der Waals surface area contributed by atoms with E-state index >= 15 is 0 Å². The first-order chi connectivity index (χ1) is 11.8. The third kappa shape index (κ3) is 5.73. The fraction of sp³-hybridized carbons (Fsp3) is 0.632. The number of methoxy groups -OCH3 is 2. The monoisotopic (exact) mass is 350 g/mol. The predicted octanol–water partition coefficient (Wildman–Crippen LogP) is 3.76. The Morgan fingerprint density at radius 1 is 1.28 bits per heavy atom. The van der Waals surface area contributed by atoms with E-state index in [0.29, 0.717) is 12.5 Å². The summed E-state index contributed by atoms with van der Waals surface area (Å²) < 4.78 is 16.2. The number of amides is 1. The lowest BCUT2D eigenvalue weighted by molar-refractivity contribution is 0.0172. The topological polar surface area (TPSA) is 60.0 Å². The molecule has 1 heterocycles. The van der Waals surface area contributed by atoms with E-state index in [9.17, 15) is 4.79 Å². The van der Waals surface area contributed by atoms with Gasteiger partial charge in [0.1, 0.15) is 17.1 Å². The first kappa shape index (κ1) is 19.2. The number of anilines is 1. The van der Waals surface area contributed by atoms with Crippen molar-refractivity contribution in [2.24, 2.45) is 5.92 Å². The molecule has 1 unspecified atom stereocenters. The molecule has 1 amide bonds. The van der Waals surface area contributed by atoms with Crippen LogP contribution in [-0.2, 0) is 4.74 Å². The van der Waals surface area contributed by atoms with Gasteiger partial charge in [-0.15, -0.1) is 0 Å². The Balaban J connectivity index is 1.94. The molecular weight excluding hydrogens is 320 g/mol. The minimum atomic E-state index is -0.462. The standard InChI is InChI=1S/C19H30N2O4/c1-19(2,3)25-18(22)21-10-6-7-14(13-21)12-20-16-11-15(23-4)8-9-17(16)24-5/h8-9,11,14,20H,6-7,10,12-13H2,1-5H3. The van der Waals surface area contributed by atoms with Crippen molar-refractivity contribution >= 4 is 11.8 Å². The lowest BCUT2D eigenvalue weighted by atomic mass is 9.98. The Bertz CT molecular complexity index is 583. The van der Waals surface area contributed by atoms with E-state index in [1.54, 1.807) is 14.2 Å². The molecule has 1 aromatic carbocycles. The summed E-state index contributed by atoms with van der Waals surface area (Å²) in [7, 11) is 3.29. The summed E-state index contributed by atoms with van der Waals surface area (Å²) in [6.45, 7) is 7.90. The van der Waals surface area contributed by atoms with Crippen LogP contribution in [-0.4, -0.2) is 50.4 Å². The van der Waals surface area contributed by atoms with Gasteiger partial charge in [-0.3, -0.25) is 0 Å². The van der Waals surface area contributed by atoms with Crippen molar-refractivity contribution < 1.29 is 19.0 Å². The number of nitrogens with zero attached hydrogens (tertiary/aromatic N) is 1. The van der Waals surface area contributed by atoms with E-state index in [1.807, 2.05) is 43.9 Å². The molecular formula is C19H30N2O4. The average Bonchev–Trinajstić information content (AvgIpc) is 2.58. The van der Waals surface area contributed by atoms with Crippen LogP contribution in [0.15, 0.2) is 18.2 Å².